The van der Waals surface area contributed by atoms with Crippen LogP contribution < -0.4 is 0 Å². The Balaban J connectivity index is 1.31. The monoisotopic (exact) mass is 493 g/mol. The van der Waals surface area contributed by atoms with Crippen molar-refractivity contribution in [2.24, 2.45) is 5.92 Å². The molecule has 0 bridgehead atoms. The maximum absolute atomic E-state index is 13.7. The fourth-order valence-electron chi connectivity index (χ4n) is 5.76. The molecule has 35 heavy (non-hydrogen) atoms. The first kappa shape index (κ1) is 24.2. The molecule has 1 aromatic rings. The van der Waals surface area contributed by atoms with Crippen LogP contribution in [0.25, 0.3) is 0 Å². The van der Waals surface area contributed by atoms with Gasteiger partial charge in [-0.3, -0.25) is 9.78 Å². The van der Waals surface area contributed by atoms with Crippen LogP contribution in [0.4, 0.5) is 13.2 Å². The molecule has 0 unspecified atom stereocenters. The summed E-state index contributed by atoms with van der Waals surface area (Å²) in [7, 11) is 0. The van der Waals surface area contributed by atoms with Crippen LogP contribution in [-0.4, -0.2) is 71.7 Å². The topological polar surface area (TPSA) is 72.0 Å². The first-order valence-electron chi connectivity index (χ1n) is 12.3. The van der Waals surface area contributed by atoms with Crippen molar-refractivity contribution in [1.29, 1.82) is 0 Å². The zero-order valence-corrected chi connectivity index (χ0v) is 19.8. The lowest BCUT2D eigenvalue weighted by molar-refractivity contribution is -0.151. The van der Waals surface area contributed by atoms with E-state index in [-0.39, 0.29) is 12.5 Å². The Kier molecular flexibility index (Phi) is 6.37. The number of esters is 1. The van der Waals surface area contributed by atoms with Crippen LogP contribution in [-0.2, 0) is 38.2 Å². The van der Waals surface area contributed by atoms with Gasteiger partial charge in [0.1, 0.15) is 5.60 Å². The molecular formula is C25H30F3N3O4. The summed E-state index contributed by atoms with van der Waals surface area (Å²) in [5, 5.41) is 0. The fraction of sp³-hybridized carbons (Fsp3) is 0.640. The number of fused-ring (bicyclic) bond motifs is 1. The van der Waals surface area contributed by atoms with Gasteiger partial charge in [0.25, 0.3) is 5.91 Å². The molecule has 0 aliphatic carbocycles. The third-order valence-electron chi connectivity index (χ3n) is 7.81. The second kappa shape index (κ2) is 9.20. The van der Waals surface area contributed by atoms with E-state index in [4.69, 9.17) is 9.47 Å². The second-order valence-electron chi connectivity index (χ2n) is 10.0. The molecule has 0 N–H and O–H groups in total. The normalized spacial score (nSPS) is 23.5. The average Bonchev–Trinajstić information content (AvgIpc) is 3.08. The van der Waals surface area contributed by atoms with Gasteiger partial charge in [0.05, 0.1) is 11.1 Å². The quantitative estimate of drug-likeness (QED) is 0.603. The molecule has 190 valence electrons. The number of nitrogens with zero attached hydrogens (tertiary/aromatic N) is 3. The van der Waals surface area contributed by atoms with E-state index in [2.05, 4.69) is 9.88 Å². The third kappa shape index (κ3) is 4.70. The van der Waals surface area contributed by atoms with Crippen molar-refractivity contribution in [3.63, 3.8) is 0 Å². The zero-order chi connectivity index (χ0) is 24.8. The summed E-state index contributed by atoms with van der Waals surface area (Å²) in [6.07, 6.45) is -0.139. The second-order valence-corrected chi connectivity index (χ2v) is 10.0. The summed E-state index contributed by atoms with van der Waals surface area (Å²) in [6, 6.07) is 1.07. The van der Waals surface area contributed by atoms with E-state index in [0.717, 1.165) is 58.0 Å². The average molecular weight is 494 g/mol. The number of carbonyl (C=O) groups excluding carboxylic acids is 2. The molecule has 1 amide bonds. The summed E-state index contributed by atoms with van der Waals surface area (Å²) in [4.78, 5) is 34.1. The lowest BCUT2D eigenvalue weighted by Gasteiger charge is -2.42. The number of hydrogen-bond acceptors (Lipinski definition) is 6. The van der Waals surface area contributed by atoms with Crippen molar-refractivity contribution in [3.05, 3.63) is 40.2 Å². The molecule has 1 aromatic heterocycles. The Morgan fingerprint density at radius 2 is 1.91 bits per heavy atom. The van der Waals surface area contributed by atoms with Gasteiger partial charge in [-0.25, -0.2) is 4.79 Å². The highest BCUT2D eigenvalue weighted by Crippen LogP contribution is 2.42. The summed E-state index contributed by atoms with van der Waals surface area (Å²) in [5.41, 5.74) is -0.145. The number of ether oxygens (including phenoxy) is 2. The lowest BCUT2D eigenvalue weighted by atomic mass is 9.82. The van der Waals surface area contributed by atoms with Crippen molar-refractivity contribution in [2.45, 2.75) is 57.3 Å². The van der Waals surface area contributed by atoms with Crippen molar-refractivity contribution in [2.75, 3.05) is 39.4 Å². The van der Waals surface area contributed by atoms with E-state index in [0.29, 0.717) is 54.1 Å². The summed E-state index contributed by atoms with van der Waals surface area (Å²) in [6.45, 7) is 5.96. The van der Waals surface area contributed by atoms with Gasteiger partial charge >= 0.3 is 12.1 Å². The number of rotatable bonds is 3. The standard InChI is InChI=1S/C25H30F3N3O4/c1-16-21(22(32)31-7-2-20-18(15-31)12-19(13-29-20)25(26,27)28)24(35-23(16)33)5-8-30(9-6-24)14-17-3-10-34-11-4-17/h12-13,17H,2-11,14-15H2,1H3. The number of carbonyl (C=O) groups is 2. The summed E-state index contributed by atoms with van der Waals surface area (Å²) in [5.74, 6) is -0.218. The first-order chi connectivity index (χ1) is 16.7. The molecule has 2 fully saturated rings. The Morgan fingerprint density at radius 3 is 2.60 bits per heavy atom. The number of piperidine rings is 1. The van der Waals surface area contributed by atoms with Crippen molar-refractivity contribution in [1.82, 2.24) is 14.8 Å². The van der Waals surface area contributed by atoms with E-state index in [9.17, 15) is 22.8 Å². The Morgan fingerprint density at radius 1 is 1.20 bits per heavy atom. The summed E-state index contributed by atoms with van der Waals surface area (Å²) < 4.78 is 50.8. The SMILES string of the molecule is CC1=C(C(=O)N2CCc3ncc(C(F)(F)F)cc3C2)C2(CCN(CC3CCOCC3)CC2)OC1=O. The molecular weight excluding hydrogens is 463 g/mol. The Hall–Kier alpha value is -2.46. The number of halogens is 3. The number of aromatic nitrogens is 1. The molecule has 0 radical (unpaired) electrons. The van der Waals surface area contributed by atoms with Crippen LogP contribution in [0.15, 0.2) is 23.4 Å². The number of pyridine rings is 1. The first-order valence-corrected chi connectivity index (χ1v) is 12.3. The number of amides is 1. The van der Waals surface area contributed by atoms with Gasteiger partial charge in [0.15, 0.2) is 0 Å². The zero-order valence-electron chi connectivity index (χ0n) is 19.8. The van der Waals surface area contributed by atoms with Crippen molar-refractivity contribution in [3.8, 4) is 0 Å². The van der Waals surface area contributed by atoms with Crippen LogP contribution >= 0.6 is 0 Å². The molecule has 1 spiro atoms. The van der Waals surface area contributed by atoms with Gasteiger partial charge in [0, 0.05) is 82.7 Å². The predicted molar refractivity (Wildman–Crippen MR) is 119 cm³/mol. The van der Waals surface area contributed by atoms with E-state index in [1.54, 1.807) is 6.92 Å². The predicted octanol–water partition coefficient (Wildman–Crippen LogP) is 3.12. The van der Waals surface area contributed by atoms with E-state index >= 15 is 0 Å². The largest absolute Gasteiger partial charge is 0.450 e. The van der Waals surface area contributed by atoms with Crippen LogP contribution in [0, 0.1) is 5.92 Å². The lowest BCUT2D eigenvalue weighted by Crippen LogP contribution is -2.50. The van der Waals surface area contributed by atoms with Crippen LogP contribution in [0.1, 0.15) is 49.4 Å². The third-order valence-corrected chi connectivity index (χ3v) is 7.81. The maximum Gasteiger partial charge on any atom is 0.417 e. The van der Waals surface area contributed by atoms with Crippen LogP contribution in [0.5, 0.6) is 0 Å². The Bertz CT molecular complexity index is 1040. The number of alkyl halides is 3. The molecule has 5 rings (SSSR count). The molecule has 5 heterocycles. The van der Waals surface area contributed by atoms with E-state index < -0.39 is 23.3 Å². The molecule has 2 saturated heterocycles. The van der Waals surface area contributed by atoms with Gasteiger partial charge in [-0.05, 0) is 37.3 Å². The molecule has 4 aliphatic heterocycles. The maximum atomic E-state index is 13.7. The fourth-order valence-corrected chi connectivity index (χ4v) is 5.76. The van der Waals surface area contributed by atoms with Gasteiger partial charge < -0.3 is 19.3 Å². The Labute approximate surface area is 202 Å². The van der Waals surface area contributed by atoms with E-state index in [1.165, 1.54) is 4.90 Å². The minimum absolute atomic E-state index is 0.0298. The molecule has 10 heteroatoms. The minimum atomic E-state index is -4.50. The van der Waals surface area contributed by atoms with Crippen LogP contribution in [0.2, 0.25) is 0 Å². The molecule has 0 atom stereocenters. The van der Waals surface area contributed by atoms with Crippen molar-refractivity contribution >= 4 is 11.9 Å². The van der Waals surface area contributed by atoms with Gasteiger partial charge in [-0.15, -0.1) is 0 Å². The summed E-state index contributed by atoms with van der Waals surface area (Å²) >= 11 is 0. The molecule has 4 aliphatic rings. The molecule has 0 saturated carbocycles. The highest BCUT2D eigenvalue weighted by molar-refractivity contribution is 6.07. The minimum Gasteiger partial charge on any atom is -0.450 e. The van der Waals surface area contributed by atoms with Gasteiger partial charge in [-0.2, -0.15) is 13.2 Å². The number of likely N-dealkylation sites (tertiary alicyclic amines) is 1. The van der Waals surface area contributed by atoms with Crippen molar-refractivity contribution < 1.29 is 32.2 Å². The van der Waals surface area contributed by atoms with E-state index in [1.807, 2.05) is 0 Å². The van der Waals surface area contributed by atoms with Gasteiger partial charge in [-0.1, -0.05) is 0 Å². The highest BCUT2D eigenvalue weighted by atomic mass is 19.4. The number of hydrogen-bond donors (Lipinski definition) is 0. The smallest absolute Gasteiger partial charge is 0.417 e. The van der Waals surface area contributed by atoms with Gasteiger partial charge in [0.2, 0.25) is 0 Å². The highest BCUT2D eigenvalue weighted by Gasteiger charge is 2.52. The van der Waals surface area contributed by atoms with Crippen LogP contribution in [0.3, 0.4) is 0 Å². The molecule has 0 aromatic carbocycles. The molecule has 7 nitrogen and oxygen atoms in total.